The Labute approximate surface area is 163 Å². The summed E-state index contributed by atoms with van der Waals surface area (Å²) < 4.78 is 6.91. The Morgan fingerprint density at radius 3 is 2.61 bits per heavy atom. The SMILES string of the molecule is CCOc1cccc(C(=O)Nc2cccc3c(=O)n(CC(C)(C)O)ccc23)c1. The van der Waals surface area contributed by atoms with Crippen LogP contribution in [-0.4, -0.2) is 27.8 Å². The molecule has 0 unspecified atom stereocenters. The Morgan fingerprint density at radius 1 is 1.14 bits per heavy atom. The van der Waals surface area contributed by atoms with Gasteiger partial charge in [-0.3, -0.25) is 9.59 Å². The highest BCUT2D eigenvalue weighted by Gasteiger charge is 2.16. The summed E-state index contributed by atoms with van der Waals surface area (Å²) in [6.45, 7) is 5.88. The zero-order valence-electron chi connectivity index (χ0n) is 16.2. The zero-order chi connectivity index (χ0) is 20.3. The summed E-state index contributed by atoms with van der Waals surface area (Å²) >= 11 is 0. The van der Waals surface area contributed by atoms with E-state index in [0.29, 0.717) is 34.4 Å². The van der Waals surface area contributed by atoms with Crippen LogP contribution in [0.4, 0.5) is 5.69 Å². The first-order valence-corrected chi connectivity index (χ1v) is 9.17. The van der Waals surface area contributed by atoms with Crippen molar-refractivity contribution in [1.82, 2.24) is 4.57 Å². The van der Waals surface area contributed by atoms with Crippen LogP contribution in [0, 0.1) is 0 Å². The minimum Gasteiger partial charge on any atom is -0.494 e. The number of aliphatic hydroxyl groups is 1. The van der Waals surface area contributed by atoms with Gasteiger partial charge in [-0.15, -0.1) is 0 Å². The maximum absolute atomic E-state index is 12.8. The van der Waals surface area contributed by atoms with Gasteiger partial charge in [-0.05, 0) is 57.2 Å². The van der Waals surface area contributed by atoms with Crippen LogP contribution in [0.3, 0.4) is 0 Å². The Hall–Kier alpha value is -3.12. The molecule has 0 aliphatic heterocycles. The number of anilines is 1. The van der Waals surface area contributed by atoms with E-state index < -0.39 is 5.60 Å². The number of carbonyl (C=O) groups excluding carboxylic acids is 1. The Morgan fingerprint density at radius 2 is 1.89 bits per heavy atom. The fourth-order valence-electron chi connectivity index (χ4n) is 3.06. The summed E-state index contributed by atoms with van der Waals surface area (Å²) in [4.78, 5) is 25.4. The van der Waals surface area contributed by atoms with Gasteiger partial charge in [0.1, 0.15) is 5.75 Å². The number of carbonyl (C=O) groups is 1. The minimum absolute atomic E-state index is 0.183. The average molecular weight is 380 g/mol. The monoisotopic (exact) mass is 380 g/mol. The summed E-state index contributed by atoms with van der Waals surface area (Å²) in [5, 5.41) is 14.0. The molecule has 0 saturated carbocycles. The number of pyridine rings is 1. The molecule has 0 fully saturated rings. The Bertz CT molecular complexity index is 1060. The van der Waals surface area contributed by atoms with Crippen molar-refractivity contribution in [3.63, 3.8) is 0 Å². The van der Waals surface area contributed by atoms with E-state index in [1.807, 2.05) is 6.92 Å². The first kappa shape index (κ1) is 19.6. The maximum atomic E-state index is 12.8. The molecule has 0 spiro atoms. The minimum atomic E-state index is -1.01. The molecule has 0 aliphatic rings. The van der Waals surface area contributed by atoms with Crippen LogP contribution in [0.15, 0.2) is 59.5 Å². The molecular weight excluding hydrogens is 356 g/mol. The van der Waals surface area contributed by atoms with Gasteiger partial charge in [0.15, 0.2) is 0 Å². The highest BCUT2D eigenvalue weighted by molar-refractivity contribution is 6.09. The lowest BCUT2D eigenvalue weighted by Gasteiger charge is -2.19. The second-order valence-electron chi connectivity index (χ2n) is 7.24. The van der Waals surface area contributed by atoms with Gasteiger partial charge in [0, 0.05) is 28.2 Å². The van der Waals surface area contributed by atoms with Crippen molar-refractivity contribution < 1.29 is 14.6 Å². The van der Waals surface area contributed by atoms with Crippen LogP contribution in [0.2, 0.25) is 0 Å². The lowest BCUT2D eigenvalue weighted by atomic mass is 10.1. The first-order chi connectivity index (χ1) is 13.3. The second-order valence-corrected chi connectivity index (χ2v) is 7.24. The quantitative estimate of drug-likeness (QED) is 0.687. The van der Waals surface area contributed by atoms with Gasteiger partial charge in [-0.1, -0.05) is 12.1 Å². The fourth-order valence-corrected chi connectivity index (χ4v) is 3.06. The van der Waals surface area contributed by atoms with Crippen molar-refractivity contribution in [3.8, 4) is 5.75 Å². The molecule has 6 heteroatoms. The predicted molar refractivity (Wildman–Crippen MR) is 110 cm³/mol. The molecule has 0 aliphatic carbocycles. The fraction of sp³-hybridized carbons (Fsp3) is 0.273. The van der Waals surface area contributed by atoms with E-state index in [1.165, 1.54) is 4.57 Å². The summed E-state index contributed by atoms with van der Waals surface area (Å²) in [5.74, 6) is 0.345. The molecule has 0 atom stereocenters. The van der Waals surface area contributed by atoms with E-state index in [2.05, 4.69) is 5.32 Å². The number of amides is 1. The third-order valence-corrected chi connectivity index (χ3v) is 4.23. The number of hydrogen-bond acceptors (Lipinski definition) is 4. The molecule has 2 N–H and O–H groups in total. The van der Waals surface area contributed by atoms with Crippen LogP contribution in [-0.2, 0) is 6.54 Å². The molecule has 1 aromatic heterocycles. The molecular formula is C22H24N2O4. The van der Waals surface area contributed by atoms with Crippen molar-refractivity contribution in [2.75, 3.05) is 11.9 Å². The summed E-state index contributed by atoms with van der Waals surface area (Å²) in [7, 11) is 0. The topological polar surface area (TPSA) is 80.6 Å². The maximum Gasteiger partial charge on any atom is 0.258 e. The lowest BCUT2D eigenvalue weighted by Crippen LogP contribution is -2.32. The Balaban J connectivity index is 1.93. The number of ether oxygens (including phenoxy) is 1. The highest BCUT2D eigenvalue weighted by atomic mass is 16.5. The van der Waals surface area contributed by atoms with Crippen molar-refractivity contribution in [2.45, 2.75) is 32.9 Å². The van der Waals surface area contributed by atoms with E-state index >= 15 is 0 Å². The van der Waals surface area contributed by atoms with E-state index in [9.17, 15) is 14.7 Å². The Kier molecular flexibility index (Phi) is 5.51. The van der Waals surface area contributed by atoms with Gasteiger partial charge in [0.2, 0.25) is 0 Å². The zero-order valence-corrected chi connectivity index (χ0v) is 16.2. The van der Waals surface area contributed by atoms with E-state index in [1.54, 1.807) is 68.6 Å². The van der Waals surface area contributed by atoms with Crippen molar-refractivity contribution in [3.05, 3.63) is 70.6 Å². The number of nitrogens with zero attached hydrogens (tertiary/aromatic N) is 1. The van der Waals surface area contributed by atoms with Gasteiger partial charge >= 0.3 is 0 Å². The van der Waals surface area contributed by atoms with Gasteiger partial charge in [-0.2, -0.15) is 0 Å². The molecule has 0 saturated heterocycles. The molecule has 0 bridgehead atoms. The molecule has 0 radical (unpaired) electrons. The number of benzene rings is 2. The van der Waals surface area contributed by atoms with Crippen molar-refractivity contribution in [2.24, 2.45) is 0 Å². The predicted octanol–water partition coefficient (Wildman–Crippen LogP) is 3.42. The molecule has 2 aromatic carbocycles. The molecule has 146 valence electrons. The highest BCUT2D eigenvalue weighted by Crippen LogP contribution is 2.22. The number of nitrogens with one attached hydrogen (secondary N) is 1. The van der Waals surface area contributed by atoms with Gasteiger partial charge in [0.25, 0.3) is 11.5 Å². The standard InChI is InChI=1S/C22H24N2O4/c1-4-28-16-8-5-7-15(13-16)20(25)23-19-10-6-9-18-17(19)11-12-24(21(18)26)14-22(2,3)27/h5-13,27H,4,14H2,1-3H3,(H,23,25). The third kappa shape index (κ3) is 4.40. The molecule has 1 heterocycles. The van der Waals surface area contributed by atoms with Crippen molar-refractivity contribution in [1.29, 1.82) is 0 Å². The summed E-state index contributed by atoms with van der Waals surface area (Å²) in [5.41, 5.74) is -0.196. The summed E-state index contributed by atoms with van der Waals surface area (Å²) in [6.07, 6.45) is 1.63. The van der Waals surface area contributed by atoms with Crippen LogP contribution in [0.5, 0.6) is 5.75 Å². The average Bonchev–Trinajstić information content (AvgIpc) is 2.64. The summed E-state index contributed by atoms with van der Waals surface area (Å²) in [6, 6.07) is 13.9. The number of hydrogen-bond donors (Lipinski definition) is 2. The number of aromatic nitrogens is 1. The third-order valence-electron chi connectivity index (χ3n) is 4.23. The van der Waals surface area contributed by atoms with E-state index in [0.717, 1.165) is 0 Å². The largest absolute Gasteiger partial charge is 0.494 e. The van der Waals surface area contributed by atoms with E-state index in [4.69, 9.17) is 4.74 Å². The van der Waals surface area contributed by atoms with Crippen LogP contribution >= 0.6 is 0 Å². The van der Waals surface area contributed by atoms with Gasteiger partial charge in [-0.25, -0.2) is 0 Å². The second kappa shape index (κ2) is 7.86. The smallest absolute Gasteiger partial charge is 0.258 e. The first-order valence-electron chi connectivity index (χ1n) is 9.17. The molecule has 6 nitrogen and oxygen atoms in total. The van der Waals surface area contributed by atoms with Crippen LogP contribution in [0.25, 0.3) is 10.8 Å². The van der Waals surface area contributed by atoms with Crippen LogP contribution < -0.4 is 15.6 Å². The number of fused-ring (bicyclic) bond motifs is 1. The normalized spacial score (nSPS) is 11.4. The van der Waals surface area contributed by atoms with Crippen LogP contribution in [0.1, 0.15) is 31.1 Å². The van der Waals surface area contributed by atoms with E-state index in [-0.39, 0.29) is 18.0 Å². The lowest BCUT2D eigenvalue weighted by molar-refractivity contribution is 0.0606. The van der Waals surface area contributed by atoms with Gasteiger partial charge in [0.05, 0.1) is 18.8 Å². The number of rotatable bonds is 6. The van der Waals surface area contributed by atoms with Crippen molar-refractivity contribution >= 4 is 22.4 Å². The molecule has 1 amide bonds. The van der Waals surface area contributed by atoms with Gasteiger partial charge < -0.3 is 19.7 Å². The molecule has 3 rings (SSSR count). The molecule has 28 heavy (non-hydrogen) atoms. The molecule has 3 aromatic rings.